The van der Waals surface area contributed by atoms with Crippen LogP contribution in [0.5, 0.6) is 0 Å². The minimum atomic E-state index is -3.81. The van der Waals surface area contributed by atoms with Crippen LogP contribution in [0.4, 0.5) is 10.7 Å². The monoisotopic (exact) mass is 318 g/mol. The number of hydrogen-bond donors (Lipinski definition) is 1. The van der Waals surface area contributed by atoms with Crippen molar-refractivity contribution in [1.82, 2.24) is 4.31 Å². The minimum Gasteiger partial charge on any atom is -0.374 e. The van der Waals surface area contributed by atoms with Gasteiger partial charge in [0, 0.05) is 32.6 Å². The SMILES string of the molecule is CCN(CCC#N)S(=O)(=O)c1cc([N+](=O)[O-])c(NC)s1. The number of hydrogen-bond acceptors (Lipinski definition) is 7. The average Bonchev–Trinajstić information content (AvgIpc) is 2.84. The third kappa shape index (κ3) is 3.24. The summed E-state index contributed by atoms with van der Waals surface area (Å²) in [6.07, 6.45) is 0.0689. The lowest BCUT2D eigenvalue weighted by Crippen LogP contribution is -2.31. The van der Waals surface area contributed by atoms with Gasteiger partial charge in [-0.15, -0.1) is 0 Å². The molecule has 0 saturated heterocycles. The molecule has 1 heterocycles. The van der Waals surface area contributed by atoms with Gasteiger partial charge in [0.15, 0.2) is 5.00 Å². The Hall–Kier alpha value is -1.70. The maximum atomic E-state index is 12.3. The van der Waals surface area contributed by atoms with Crippen LogP contribution < -0.4 is 5.32 Å². The number of nitrogens with one attached hydrogen (secondary N) is 1. The quantitative estimate of drug-likeness (QED) is 0.603. The molecular weight excluding hydrogens is 304 g/mol. The summed E-state index contributed by atoms with van der Waals surface area (Å²) in [4.78, 5) is 10.2. The van der Waals surface area contributed by atoms with E-state index < -0.39 is 14.9 Å². The second-order valence-electron chi connectivity index (χ2n) is 3.69. The van der Waals surface area contributed by atoms with E-state index in [0.29, 0.717) is 0 Å². The molecule has 10 heteroatoms. The largest absolute Gasteiger partial charge is 0.374 e. The zero-order valence-corrected chi connectivity index (χ0v) is 12.6. The first kappa shape index (κ1) is 16.4. The van der Waals surface area contributed by atoms with Gasteiger partial charge in [0.05, 0.1) is 11.0 Å². The number of anilines is 1. The second-order valence-corrected chi connectivity index (χ2v) is 6.91. The van der Waals surface area contributed by atoms with Crippen LogP contribution in [0.25, 0.3) is 0 Å². The van der Waals surface area contributed by atoms with Crippen molar-refractivity contribution in [2.75, 3.05) is 25.5 Å². The standard InChI is InChI=1S/C10H14N4O4S2/c1-3-13(6-4-5-11)20(17,18)9-7-8(14(15)16)10(12-2)19-9/h7,12H,3-4,6H2,1-2H3. The van der Waals surface area contributed by atoms with E-state index >= 15 is 0 Å². The molecule has 1 aromatic heterocycles. The fourth-order valence-corrected chi connectivity index (χ4v) is 4.44. The average molecular weight is 318 g/mol. The predicted molar refractivity (Wildman–Crippen MR) is 75.2 cm³/mol. The maximum Gasteiger partial charge on any atom is 0.304 e. The highest BCUT2D eigenvalue weighted by atomic mass is 32.2. The molecule has 0 aromatic carbocycles. The van der Waals surface area contributed by atoms with Gasteiger partial charge in [0.2, 0.25) is 0 Å². The lowest BCUT2D eigenvalue weighted by molar-refractivity contribution is -0.383. The van der Waals surface area contributed by atoms with Crippen LogP contribution >= 0.6 is 11.3 Å². The van der Waals surface area contributed by atoms with Crippen LogP contribution in [0.2, 0.25) is 0 Å². The molecular formula is C10H14N4O4S2. The third-order valence-corrected chi connectivity index (χ3v) is 6.10. The highest BCUT2D eigenvalue weighted by Crippen LogP contribution is 2.37. The second kappa shape index (κ2) is 6.65. The Morgan fingerprint density at radius 1 is 1.60 bits per heavy atom. The molecule has 110 valence electrons. The summed E-state index contributed by atoms with van der Waals surface area (Å²) in [7, 11) is -2.32. The van der Waals surface area contributed by atoms with E-state index in [1.807, 2.05) is 6.07 Å². The van der Waals surface area contributed by atoms with E-state index in [4.69, 9.17) is 5.26 Å². The predicted octanol–water partition coefficient (Wildman–Crippen LogP) is 1.62. The molecule has 0 aliphatic carbocycles. The van der Waals surface area contributed by atoms with Crippen LogP contribution in [0.1, 0.15) is 13.3 Å². The lowest BCUT2D eigenvalue weighted by Gasteiger charge is -2.17. The van der Waals surface area contributed by atoms with Crippen molar-refractivity contribution in [2.45, 2.75) is 17.6 Å². The zero-order chi connectivity index (χ0) is 15.3. The fourth-order valence-electron chi connectivity index (χ4n) is 1.55. The van der Waals surface area contributed by atoms with Crippen LogP contribution in [0.3, 0.4) is 0 Å². The number of nitro groups is 1. The molecule has 1 N–H and O–H groups in total. The zero-order valence-electron chi connectivity index (χ0n) is 11.0. The van der Waals surface area contributed by atoms with Crippen LogP contribution in [0, 0.1) is 21.4 Å². The maximum absolute atomic E-state index is 12.3. The molecule has 0 bridgehead atoms. The highest BCUT2D eigenvalue weighted by molar-refractivity contribution is 7.91. The van der Waals surface area contributed by atoms with Gasteiger partial charge < -0.3 is 5.32 Å². The topological polar surface area (TPSA) is 116 Å². The summed E-state index contributed by atoms with van der Waals surface area (Å²) in [5.74, 6) is 0. The Kier molecular flexibility index (Phi) is 5.43. The number of sulfonamides is 1. The molecule has 20 heavy (non-hydrogen) atoms. The van der Waals surface area contributed by atoms with E-state index in [1.165, 1.54) is 7.05 Å². The molecule has 1 aromatic rings. The summed E-state index contributed by atoms with van der Waals surface area (Å²) >= 11 is 0.807. The van der Waals surface area contributed by atoms with Crippen molar-refractivity contribution in [3.8, 4) is 6.07 Å². The molecule has 1 rings (SSSR count). The Labute approximate surface area is 120 Å². The van der Waals surface area contributed by atoms with E-state index in [0.717, 1.165) is 21.7 Å². The minimum absolute atomic E-state index is 0.0654. The smallest absolute Gasteiger partial charge is 0.304 e. The Morgan fingerprint density at radius 2 is 2.25 bits per heavy atom. The van der Waals surface area contributed by atoms with Crippen molar-refractivity contribution in [3.63, 3.8) is 0 Å². The summed E-state index contributed by atoms with van der Waals surface area (Å²) < 4.78 is 25.7. The van der Waals surface area contributed by atoms with Crippen molar-refractivity contribution < 1.29 is 13.3 Å². The molecule has 0 atom stereocenters. The lowest BCUT2D eigenvalue weighted by atomic mass is 10.5. The number of nitrogens with zero attached hydrogens (tertiary/aromatic N) is 3. The molecule has 0 amide bonds. The first-order chi connectivity index (χ1) is 9.38. The molecule has 0 aliphatic heterocycles. The third-order valence-electron chi connectivity index (χ3n) is 2.53. The van der Waals surface area contributed by atoms with Gasteiger partial charge in [-0.3, -0.25) is 10.1 Å². The first-order valence-electron chi connectivity index (χ1n) is 5.71. The molecule has 8 nitrogen and oxygen atoms in total. The highest BCUT2D eigenvalue weighted by Gasteiger charge is 2.29. The van der Waals surface area contributed by atoms with E-state index in [-0.39, 0.29) is 34.4 Å². The van der Waals surface area contributed by atoms with Crippen LogP contribution in [-0.4, -0.2) is 37.8 Å². The van der Waals surface area contributed by atoms with Gasteiger partial charge in [-0.1, -0.05) is 18.3 Å². The Bertz CT molecular complexity index is 632. The van der Waals surface area contributed by atoms with Crippen molar-refractivity contribution >= 4 is 32.0 Å². The fraction of sp³-hybridized carbons (Fsp3) is 0.500. The van der Waals surface area contributed by atoms with Crippen LogP contribution in [-0.2, 0) is 10.0 Å². The molecule has 0 saturated carbocycles. The molecule has 0 radical (unpaired) electrons. The number of nitriles is 1. The van der Waals surface area contributed by atoms with Gasteiger partial charge in [-0.25, -0.2) is 8.42 Å². The number of thiophene rings is 1. The summed E-state index contributed by atoms with van der Waals surface area (Å²) in [5.41, 5.74) is -0.271. The van der Waals surface area contributed by atoms with E-state index in [9.17, 15) is 18.5 Å². The summed E-state index contributed by atoms with van der Waals surface area (Å²) in [5, 5.41) is 22.2. The van der Waals surface area contributed by atoms with Crippen molar-refractivity contribution in [1.29, 1.82) is 5.26 Å². The Balaban J connectivity index is 3.21. The van der Waals surface area contributed by atoms with Crippen molar-refractivity contribution in [3.05, 3.63) is 16.2 Å². The van der Waals surface area contributed by atoms with Gasteiger partial charge in [0.25, 0.3) is 10.0 Å². The Morgan fingerprint density at radius 3 is 2.65 bits per heavy atom. The van der Waals surface area contributed by atoms with E-state index in [1.54, 1.807) is 6.92 Å². The summed E-state index contributed by atoms with van der Waals surface area (Å²) in [6, 6.07) is 2.92. The molecule has 0 unspecified atom stereocenters. The van der Waals surface area contributed by atoms with Gasteiger partial charge in [-0.2, -0.15) is 9.57 Å². The van der Waals surface area contributed by atoms with Gasteiger partial charge in [-0.05, 0) is 0 Å². The van der Waals surface area contributed by atoms with Crippen molar-refractivity contribution in [2.24, 2.45) is 0 Å². The number of rotatable bonds is 7. The van der Waals surface area contributed by atoms with Crippen LogP contribution in [0.15, 0.2) is 10.3 Å². The molecule has 0 spiro atoms. The molecule has 0 aliphatic rings. The summed E-state index contributed by atoms with van der Waals surface area (Å²) in [6.45, 7) is 1.91. The van der Waals surface area contributed by atoms with Gasteiger partial charge >= 0.3 is 5.69 Å². The van der Waals surface area contributed by atoms with E-state index in [2.05, 4.69) is 5.32 Å². The normalized spacial score (nSPS) is 11.3. The first-order valence-corrected chi connectivity index (χ1v) is 7.97. The van der Waals surface area contributed by atoms with Gasteiger partial charge in [0.1, 0.15) is 4.21 Å². The molecule has 0 fully saturated rings.